The van der Waals surface area contributed by atoms with Gasteiger partial charge in [0.1, 0.15) is 30.7 Å². The lowest BCUT2D eigenvalue weighted by Gasteiger charge is -2.38. The van der Waals surface area contributed by atoms with Crippen LogP contribution >= 0.6 is 0 Å². The van der Waals surface area contributed by atoms with E-state index in [0.717, 1.165) is 4.90 Å². The van der Waals surface area contributed by atoms with Crippen LogP contribution in [-0.4, -0.2) is 105 Å². The van der Waals surface area contributed by atoms with Crippen LogP contribution in [-0.2, 0) is 33.5 Å². The van der Waals surface area contributed by atoms with E-state index >= 15 is 0 Å². The Labute approximate surface area is 290 Å². The molecule has 6 N–H and O–H groups in total. The molecule has 50 heavy (non-hydrogen) atoms. The Morgan fingerprint density at radius 1 is 0.940 bits per heavy atom. The van der Waals surface area contributed by atoms with E-state index in [-0.39, 0.29) is 85.9 Å². The molecule has 0 spiro atoms. The lowest BCUT2D eigenvalue weighted by molar-refractivity contribution is -0.174. The maximum Gasteiger partial charge on any atom is 0.309 e. The molecule has 6 atom stereocenters. The molecule has 1 aliphatic carbocycles. The molecule has 0 saturated heterocycles. The highest BCUT2D eigenvalue weighted by atomic mass is 16.5. The average molecular weight is 702 g/mol. The molecule has 1 heterocycles. The van der Waals surface area contributed by atoms with E-state index < -0.39 is 42.2 Å². The first-order chi connectivity index (χ1) is 23.7. The maximum atomic E-state index is 12.9. The summed E-state index contributed by atoms with van der Waals surface area (Å²) in [6.07, 6.45) is 0.847. The number of carboxylic acid groups (broad SMARTS) is 1. The van der Waals surface area contributed by atoms with Crippen LogP contribution in [0.4, 0.5) is 5.69 Å². The molecular formula is C35H47N3O12. The van der Waals surface area contributed by atoms with E-state index in [1.165, 1.54) is 18.2 Å². The number of hydrogen-bond acceptors (Lipinski definition) is 11. The van der Waals surface area contributed by atoms with Crippen LogP contribution in [0.2, 0.25) is 0 Å². The molecule has 1 aromatic carbocycles. The number of anilines is 1. The first-order valence-electron chi connectivity index (χ1n) is 16.7. The number of hydrogen-bond donors (Lipinski definition) is 6. The van der Waals surface area contributed by atoms with Crippen LogP contribution in [0.3, 0.4) is 0 Å². The normalized spacial score (nSPS) is 22.5. The summed E-state index contributed by atoms with van der Waals surface area (Å²) in [5, 5.41) is 45.8. The van der Waals surface area contributed by atoms with Crippen LogP contribution < -0.4 is 15.4 Å². The van der Waals surface area contributed by atoms with E-state index in [1.54, 1.807) is 31.2 Å². The van der Waals surface area contributed by atoms with Crippen molar-refractivity contribution in [2.45, 2.75) is 83.7 Å². The van der Waals surface area contributed by atoms with E-state index in [4.69, 9.17) is 9.47 Å². The largest absolute Gasteiger partial charge is 0.485 e. The van der Waals surface area contributed by atoms with Crippen molar-refractivity contribution in [2.75, 3.05) is 25.0 Å². The highest BCUT2D eigenvalue weighted by Gasteiger charge is 2.47. The number of esters is 1. The summed E-state index contributed by atoms with van der Waals surface area (Å²) in [4.78, 5) is 73.4. The van der Waals surface area contributed by atoms with Gasteiger partial charge in [0.2, 0.25) is 11.8 Å². The molecular weight excluding hydrogens is 654 g/mol. The second-order valence-electron chi connectivity index (χ2n) is 12.7. The van der Waals surface area contributed by atoms with Gasteiger partial charge in [0.25, 0.3) is 11.8 Å². The van der Waals surface area contributed by atoms with Crippen molar-refractivity contribution >= 4 is 47.3 Å². The van der Waals surface area contributed by atoms with Gasteiger partial charge in [0.15, 0.2) is 0 Å². The highest BCUT2D eigenvalue weighted by molar-refractivity contribution is 6.12. The minimum Gasteiger partial charge on any atom is -0.485 e. The summed E-state index contributed by atoms with van der Waals surface area (Å²) in [5.74, 6) is -4.67. The molecule has 2 aliphatic rings. The van der Waals surface area contributed by atoms with Crippen LogP contribution in [0.1, 0.15) is 64.9 Å². The van der Waals surface area contributed by atoms with Gasteiger partial charge < -0.3 is 40.5 Å². The smallest absolute Gasteiger partial charge is 0.309 e. The summed E-state index contributed by atoms with van der Waals surface area (Å²) >= 11 is 0. The molecule has 1 saturated carbocycles. The summed E-state index contributed by atoms with van der Waals surface area (Å²) in [5.41, 5.74) is 0.727. The molecule has 15 heteroatoms. The third-order valence-electron chi connectivity index (χ3n) is 8.72. The first-order valence-corrected chi connectivity index (χ1v) is 16.7. The summed E-state index contributed by atoms with van der Waals surface area (Å²) in [6, 6.07) is 4.65. The number of imide groups is 1. The molecule has 274 valence electrons. The van der Waals surface area contributed by atoms with Gasteiger partial charge >= 0.3 is 11.9 Å². The third-order valence-corrected chi connectivity index (χ3v) is 8.72. The van der Waals surface area contributed by atoms with Gasteiger partial charge in [-0.05, 0) is 42.5 Å². The van der Waals surface area contributed by atoms with Crippen LogP contribution in [0.25, 0.3) is 6.08 Å². The van der Waals surface area contributed by atoms with Crippen molar-refractivity contribution in [3.05, 3.63) is 42.0 Å². The van der Waals surface area contributed by atoms with Gasteiger partial charge in [-0.2, -0.15) is 0 Å². The zero-order valence-electron chi connectivity index (χ0n) is 28.4. The molecule has 1 unspecified atom stereocenters. The molecule has 0 aromatic heterocycles. The van der Waals surface area contributed by atoms with E-state index in [0.29, 0.717) is 24.8 Å². The number of benzene rings is 1. The van der Waals surface area contributed by atoms with E-state index in [2.05, 4.69) is 10.6 Å². The number of nitrogens with zero attached hydrogens (tertiary/aromatic N) is 1. The highest BCUT2D eigenvalue weighted by Crippen LogP contribution is 2.33. The molecule has 4 amide bonds. The lowest BCUT2D eigenvalue weighted by Crippen LogP contribution is -2.57. The van der Waals surface area contributed by atoms with Crippen molar-refractivity contribution in [1.29, 1.82) is 0 Å². The minimum atomic E-state index is -1.78. The average Bonchev–Trinajstić information content (AvgIpc) is 3.39. The Morgan fingerprint density at radius 3 is 2.30 bits per heavy atom. The number of rotatable bonds is 18. The van der Waals surface area contributed by atoms with Crippen molar-refractivity contribution in [3.63, 3.8) is 0 Å². The van der Waals surface area contributed by atoms with Gasteiger partial charge in [0.05, 0.1) is 23.6 Å². The number of carbonyl (C=O) groups excluding carboxylic acids is 5. The van der Waals surface area contributed by atoms with Crippen LogP contribution in [0.5, 0.6) is 5.75 Å². The van der Waals surface area contributed by atoms with Gasteiger partial charge in [0, 0.05) is 44.5 Å². The summed E-state index contributed by atoms with van der Waals surface area (Å²) in [6.45, 7) is 5.93. The third kappa shape index (κ3) is 11.5. The number of aliphatic carboxylic acids is 1. The summed E-state index contributed by atoms with van der Waals surface area (Å²) in [7, 11) is 0. The Balaban J connectivity index is 1.59. The number of unbranched alkanes of at least 4 members (excludes halogenated alkanes) is 2. The van der Waals surface area contributed by atoms with Crippen molar-refractivity contribution in [2.24, 2.45) is 17.8 Å². The SMILES string of the molecule is CC(C)C(C)C(=O)OC/C=C/c1ccc(O[C@@H]2C[C@H](C(=O)O)[C@@H](O)[C@H](O)[C@H]2O)c(NC(=O)CCNC(=O)CCCCCN2C(=O)C=CC2=O)c1. The fourth-order valence-corrected chi connectivity index (χ4v) is 5.29. The van der Waals surface area contributed by atoms with E-state index in [9.17, 15) is 49.2 Å². The molecule has 15 nitrogen and oxygen atoms in total. The quantitative estimate of drug-likeness (QED) is 0.0725. The number of aliphatic hydroxyl groups is 3. The topological polar surface area (TPSA) is 229 Å². The Morgan fingerprint density at radius 2 is 1.64 bits per heavy atom. The lowest BCUT2D eigenvalue weighted by atomic mass is 9.80. The maximum absolute atomic E-state index is 12.9. The fourth-order valence-electron chi connectivity index (χ4n) is 5.29. The zero-order valence-corrected chi connectivity index (χ0v) is 28.4. The second-order valence-corrected chi connectivity index (χ2v) is 12.7. The zero-order chi connectivity index (χ0) is 37.0. The number of ether oxygens (including phenoxy) is 2. The number of aliphatic hydroxyl groups excluding tert-OH is 3. The van der Waals surface area contributed by atoms with Gasteiger partial charge in [-0.15, -0.1) is 0 Å². The number of amides is 4. The monoisotopic (exact) mass is 701 g/mol. The molecule has 1 aliphatic heterocycles. The summed E-state index contributed by atoms with van der Waals surface area (Å²) < 4.78 is 11.2. The number of carboxylic acids is 1. The second kappa shape index (κ2) is 19.0. The Hall–Kier alpha value is -4.60. The van der Waals surface area contributed by atoms with Gasteiger partial charge in [-0.25, -0.2) is 0 Å². The van der Waals surface area contributed by atoms with Gasteiger partial charge in [-0.3, -0.25) is 33.7 Å². The number of carbonyl (C=O) groups is 6. The standard InChI is InChI=1S/C35H47N3O12/c1-20(2)21(3)35(48)49-17-7-8-22-10-11-25(50-26-19-23(34(46)47)31(43)33(45)32(26)44)24(18-22)37-28(40)14-15-36-27(39)9-5-4-6-16-38-29(41)12-13-30(38)42/h7-8,10-13,18,20-21,23,26,31-33,43-45H,4-6,9,14-17,19H2,1-3H3,(H,36,39)(H,37,40)(H,46,47)/b8-7+/t21?,23-,26+,31+,32-,33-/m0/s1. The van der Waals surface area contributed by atoms with Crippen molar-refractivity contribution in [3.8, 4) is 5.75 Å². The first kappa shape index (κ1) is 39.8. The molecule has 3 rings (SSSR count). The van der Waals surface area contributed by atoms with Crippen LogP contribution in [0, 0.1) is 17.8 Å². The molecule has 0 radical (unpaired) electrons. The fraction of sp³-hybridized carbons (Fsp3) is 0.543. The predicted molar refractivity (Wildman–Crippen MR) is 179 cm³/mol. The molecule has 1 aromatic rings. The predicted octanol–water partition coefficient (Wildman–Crippen LogP) is 1.40. The van der Waals surface area contributed by atoms with Crippen LogP contribution in [0.15, 0.2) is 36.4 Å². The molecule has 0 bridgehead atoms. The number of nitrogens with one attached hydrogen (secondary N) is 2. The minimum absolute atomic E-state index is 0.00979. The molecule has 1 fully saturated rings. The van der Waals surface area contributed by atoms with Gasteiger partial charge in [-0.1, -0.05) is 39.3 Å². The Kier molecular flexibility index (Phi) is 15.1. The van der Waals surface area contributed by atoms with E-state index in [1.807, 2.05) is 13.8 Å². The van der Waals surface area contributed by atoms with Crippen molar-refractivity contribution < 1.29 is 58.7 Å². The Bertz CT molecular complexity index is 1440. The van der Waals surface area contributed by atoms with Crippen molar-refractivity contribution in [1.82, 2.24) is 10.2 Å².